The molecule has 0 saturated carbocycles. The van der Waals surface area contributed by atoms with Gasteiger partial charge in [0.25, 0.3) is 16.8 Å². The summed E-state index contributed by atoms with van der Waals surface area (Å²) < 4.78 is 16.6. The van der Waals surface area contributed by atoms with Crippen LogP contribution in [0, 0.1) is 10.1 Å². The third-order valence-corrected chi connectivity index (χ3v) is 6.48. The number of aromatic nitrogens is 2. The molecule has 0 aliphatic carbocycles. The quantitative estimate of drug-likeness (QED) is 0.190. The summed E-state index contributed by atoms with van der Waals surface area (Å²) in [6.45, 7) is 4.00. The van der Waals surface area contributed by atoms with Crippen molar-refractivity contribution in [3.05, 3.63) is 56.5 Å². The summed E-state index contributed by atoms with van der Waals surface area (Å²) in [7, 11) is 3.19. The van der Waals surface area contributed by atoms with Crippen molar-refractivity contribution in [3.8, 4) is 10.8 Å². The fourth-order valence-electron chi connectivity index (χ4n) is 2.80. The first kappa shape index (κ1) is 21.4. The summed E-state index contributed by atoms with van der Waals surface area (Å²) >= 11 is 2.86. The van der Waals surface area contributed by atoms with Gasteiger partial charge in [-0.15, -0.1) is 21.5 Å². The highest BCUT2D eigenvalue weighted by molar-refractivity contribution is 7.99. The minimum Gasteiger partial charge on any atom is -0.410 e. The van der Waals surface area contributed by atoms with Crippen LogP contribution in [-0.2, 0) is 15.9 Å². The van der Waals surface area contributed by atoms with Gasteiger partial charge in [0.1, 0.15) is 0 Å². The lowest BCUT2D eigenvalue weighted by Crippen LogP contribution is -2.00. The summed E-state index contributed by atoms with van der Waals surface area (Å²) in [5, 5.41) is 19.7. The van der Waals surface area contributed by atoms with Gasteiger partial charge in [0, 0.05) is 31.6 Å². The Hall–Kier alpha value is -2.27. The lowest BCUT2D eigenvalue weighted by molar-refractivity contribution is -0.384. The maximum absolute atomic E-state index is 11.0. The van der Waals surface area contributed by atoms with Crippen LogP contribution in [0.5, 0.6) is 0 Å². The number of rotatable bonds is 9. The minimum absolute atomic E-state index is 0.0608. The van der Waals surface area contributed by atoms with Crippen LogP contribution in [0.25, 0.3) is 10.8 Å². The lowest BCUT2D eigenvalue weighted by atomic mass is 10.1. The van der Waals surface area contributed by atoms with E-state index >= 15 is 0 Å². The topological polar surface area (TPSA) is 101 Å². The van der Waals surface area contributed by atoms with Crippen LogP contribution in [0.4, 0.5) is 5.69 Å². The molecule has 1 unspecified atom stereocenters. The molecule has 29 heavy (non-hydrogen) atoms. The Morgan fingerprint density at radius 3 is 2.69 bits per heavy atom. The van der Waals surface area contributed by atoms with Gasteiger partial charge in [-0.3, -0.25) is 10.1 Å². The maximum Gasteiger partial charge on any atom is 0.277 e. The third kappa shape index (κ3) is 4.84. The number of ether oxygens (including phenoxy) is 2. The Bertz CT molecular complexity index is 984. The van der Waals surface area contributed by atoms with Crippen LogP contribution in [-0.4, -0.2) is 29.3 Å². The maximum atomic E-state index is 11.0. The first-order chi connectivity index (χ1) is 14.0. The van der Waals surface area contributed by atoms with Crippen molar-refractivity contribution in [2.24, 2.45) is 0 Å². The largest absolute Gasteiger partial charge is 0.410 e. The zero-order valence-corrected chi connectivity index (χ0v) is 18.1. The third-order valence-electron chi connectivity index (χ3n) is 4.30. The highest BCUT2D eigenvalue weighted by atomic mass is 32.2. The van der Waals surface area contributed by atoms with Gasteiger partial charge in [-0.2, -0.15) is 0 Å². The molecule has 8 nitrogen and oxygen atoms in total. The lowest BCUT2D eigenvalue weighted by Gasteiger charge is -2.10. The summed E-state index contributed by atoms with van der Waals surface area (Å²) in [5.74, 6) is 0.442. The fourth-order valence-corrected chi connectivity index (χ4v) is 4.83. The van der Waals surface area contributed by atoms with Crippen molar-refractivity contribution in [1.82, 2.24) is 10.2 Å². The standard InChI is InChI=1S/C19H21N3O5S2/c1-5-12-10-15(18(25-3)26-4)29-16(12)17-20-21-19(27-17)28-11(2)13-7-6-8-14(9-13)22(23)24/h6-11,18H,5H2,1-4H3. The molecule has 154 valence electrons. The van der Waals surface area contributed by atoms with Crippen LogP contribution in [0.1, 0.15) is 41.4 Å². The van der Waals surface area contributed by atoms with E-state index in [2.05, 4.69) is 17.1 Å². The van der Waals surface area contributed by atoms with Gasteiger partial charge < -0.3 is 13.9 Å². The molecule has 3 rings (SSSR count). The van der Waals surface area contributed by atoms with Gasteiger partial charge in [0.05, 0.1) is 14.7 Å². The Balaban J connectivity index is 1.80. The van der Waals surface area contributed by atoms with E-state index in [1.807, 2.05) is 19.1 Å². The molecule has 0 spiro atoms. The van der Waals surface area contributed by atoms with E-state index in [1.54, 1.807) is 26.4 Å². The minimum atomic E-state index is -0.440. The molecule has 0 fully saturated rings. The van der Waals surface area contributed by atoms with Gasteiger partial charge in [0.2, 0.25) is 0 Å². The van der Waals surface area contributed by atoms with Gasteiger partial charge in [0.15, 0.2) is 6.29 Å². The number of hydrogen-bond donors (Lipinski definition) is 0. The van der Waals surface area contributed by atoms with E-state index in [9.17, 15) is 10.1 Å². The molecule has 0 radical (unpaired) electrons. The number of hydrogen-bond acceptors (Lipinski definition) is 9. The smallest absolute Gasteiger partial charge is 0.277 e. The predicted molar refractivity (Wildman–Crippen MR) is 111 cm³/mol. The van der Waals surface area contributed by atoms with Crippen molar-refractivity contribution in [2.75, 3.05) is 14.2 Å². The molecular formula is C19H21N3O5S2. The summed E-state index contributed by atoms with van der Waals surface area (Å²) in [4.78, 5) is 12.4. The number of nitro groups is 1. The number of nitrogens with zero attached hydrogens (tertiary/aromatic N) is 3. The first-order valence-corrected chi connectivity index (χ1v) is 10.6. The number of benzene rings is 1. The normalized spacial score (nSPS) is 12.4. The van der Waals surface area contributed by atoms with Crippen LogP contribution in [0.3, 0.4) is 0 Å². The van der Waals surface area contributed by atoms with Crippen LogP contribution >= 0.6 is 23.1 Å². The molecule has 0 bridgehead atoms. The number of methoxy groups -OCH3 is 2. The van der Waals surface area contributed by atoms with Crippen molar-refractivity contribution < 1.29 is 18.8 Å². The monoisotopic (exact) mass is 435 g/mol. The molecule has 0 aliphatic rings. The second-order valence-corrected chi connectivity index (χ2v) is 8.52. The van der Waals surface area contributed by atoms with Gasteiger partial charge in [-0.25, -0.2) is 0 Å². The van der Waals surface area contributed by atoms with Crippen molar-refractivity contribution >= 4 is 28.8 Å². The molecule has 0 aliphatic heterocycles. The number of thioether (sulfide) groups is 1. The Labute approximate surface area is 176 Å². The predicted octanol–water partition coefficient (Wildman–Crippen LogP) is 5.41. The summed E-state index contributed by atoms with van der Waals surface area (Å²) in [6, 6.07) is 8.58. The Morgan fingerprint density at radius 2 is 2.03 bits per heavy atom. The highest BCUT2D eigenvalue weighted by Crippen LogP contribution is 2.40. The fraction of sp³-hybridized carbons (Fsp3) is 0.368. The Kier molecular flexibility index (Phi) is 7.01. The van der Waals surface area contributed by atoms with Crippen molar-refractivity contribution in [2.45, 2.75) is 37.0 Å². The van der Waals surface area contributed by atoms with E-state index in [0.29, 0.717) is 11.1 Å². The molecule has 10 heteroatoms. The van der Waals surface area contributed by atoms with Crippen molar-refractivity contribution in [3.63, 3.8) is 0 Å². The first-order valence-electron chi connectivity index (χ1n) is 8.89. The van der Waals surface area contributed by atoms with Gasteiger partial charge >= 0.3 is 0 Å². The van der Waals surface area contributed by atoms with Crippen LogP contribution < -0.4 is 0 Å². The van der Waals surface area contributed by atoms with E-state index in [0.717, 1.165) is 27.3 Å². The average molecular weight is 436 g/mol. The molecule has 0 saturated heterocycles. The van der Waals surface area contributed by atoms with Crippen LogP contribution in [0.2, 0.25) is 0 Å². The molecule has 0 N–H and O–H groups in total. The number of non-ortho nitro benzene ring substituents is 1. The molecule has 1 atom stereocenters. The molecule has 0 amide bonds. The number of thiophene rings is 1. The van der Waals surface area contributed by atoms with E-state index in [-0.39, 0.29) is 10.9 Å². The van der Waals surface area contributed by atoms with Crippen molar-refractivity contribution in [1.29, 1.82) is 0 Å². The number of aryl methyl sites for hydroxylation is 1. The summed E-state index contributed by atoms with van der Waals surface area (Å²) in [5.41, 5.74) is 1.96. The molecule has 2 aromatic heterocycles. The second-order valence-electron chi connectivity index (χ2n) is 6.15. The van der Waals surface area contributed by atoms with E-state index in [1.165, 1.54) is 29.2 Å². The van der Waals surface area contributed by atoms with Gasteiger partial charge in [-0.1, -0.05) is 30.8 Å². The number of nitro benzene ring substituents is 1. The SMILES string of the molecule is CCc1cc(C(OC)OC)sc1-c1nnc(SC(C)c2cccc([N+](=O)[O-])c2)o1. The second kappa shape index (κ2) is 9.49. The molecule has 1 aromatic carbocycles. The average Bonchev–Trinajstić information content (AvgIpc) is 3.36. The summed E-state index contributed by atoms with van der Waals surface area (Å²) in [6.07, 6.45) is 0.366. The zero-order chi connectivity index (χ0) is 21.0. The Morgan fingerprint density at radius 1 is 1.28 bits per heavy atom. The van der Waals surface area contributed by atoms with Gasteiger partial charge in [-0.05, 0) is 30.5 Å². The molecule has 3 aromatic rings. The highest BCUT2D eigenvalue weighted by Gasteiger charge is 2.22. The van der Waals surface area contributed by atoms with E-state index < -0.39 is 11.2 Å². The molecular weight excluding hydrogens is 414 g/mol. The molecule has 2 heterocycles. The zero-order valence-electron chi connectivity index (χ0n) is 16.4. The van der Waals surface area contributed by atoms with E-state index in [4.69, 9.17) is 13.9 Å². The van der Waals surface area contributed by atoms with Crippen LogP contribution in [0.15, 0.2) is 40.0 Å².